The molecule has 12 heavy (non-hydrogen) atoms. The van der Waals surface area contributed by atoms with E-state index in [2.05, 4.69) is 20.9 Å². The molecule has 1 rings (SSSR count). The lowest BCUT2D eigenvalue weighted by atomic mass is 10.3. The number of pyridine rings is 1. The molecule has 5 heteroatoms. The molecule has 0 aliphatic carbocycles. The standard InChI is InChI=1S/C7H4BrFN2O/c1-12-7-4(8)3-11-5(2-10)6(7)9/h3H,1H3. The van der Waals surface area contributed by atoms with Crippen LogP contribution in [0, 0.1) is 17.1 Å². The largest absolute Gasteiger partial charge is 0.492 e. The van der Waals surface area contributed by atoms with Crippen molar-refractivity contribution in [2.24, 2.45) is 0 Å². The summed E-state index contributed by atoms with van der Waals surface area (Å²) in [6.45, 7) is 0. The van der Waals surface area contributed by atoms with E-state index in [0.29, 0.717) is 4.47 Å². The number of ether oxygens (including phenoxy) is 1. The summed E-state index contributed by atoms with van der Waals surface area (Å²) in [5.41, 5.74) is -0.268. The number of nitriles is 1. The Bertz CT molecular complexity index is 348. The van der Waals surface area contributed by atoms with Gasteiger partial charge in [-0.1, -0.05) is 0 Å². The van der Waals surface area contributed by atoms with Crippen molar-refractivity contribution in [1.29, 1.82) is 5.26 Å². The first kappa shape index (κ1) is 8.94. The minimum absolute atomic E-state index is 0.00144. The number of nitrogens with zero attached hydrogens (tertiary/aromatic N) is 2. The van der Waals surface area contributed by atoms with Gasteiger partial charge in [-0.05, 0) is 15.9 Å². The van der Waals surface area contributed by atoms with Crippen LogP contribution in [-0.4, -0.2) is 12.1 Å². The Kier molecular flexibility index (Phi) is 2.61. The molecule has 0 atom stereocenters. The van der Waals surface area contributed by atoms with Gasteiger partial charge in [0.15, 0.2) is 11.4 Å². The third-order valence-electron chi connectivity index (χ3n) is 1.24. The predicted molar refractivity (Wildman–Crippen MR) is 43.2 cm³/mol. The van der Waals surface area contributed by atoms with Crippen molar-refractivity contribution in [1.82, 2.24) is 4.98 Å². The zero-order chi connectivity index (χ0) is 9.14. The fourth-order valence-corrected chi connectivity index (χ4v) is 1.15. The smallest absolute Gasteiger partial charge is 0.202 e. The van der Waals surface area contributed by atoms with Crippen LogP contribution in [0.2, 0.25) is 0 Å². The number of aromatic nitrogens is 1. The second-order valence-corrected chi connectivity index (χ2v) is 2.77. The zero-order valence-corrected chi connectivity index (χ0v) is 7.72. The Hall–Kier alpha value is -1.15. The number of rotatable bonds is 1. The van der Waals surface area contributed by atoms with E-state index in [0.717, 1.165) is 0 Å². The molecule has 1 aromatic heterocycles. The van der Waals surface area contributed by atoms with Crippen LogP contribution in [0.4, 0.5) is 4.39 Å². The second-order valence-electron chi connectivity index (χ2n) is 1.91. The molecule has 1 aromatic rings. The van der Waals surface area contributed by atoms with E-state index < -0.39 is 5.82 Å². The molecule has 0 saturated heterocycles. The third-order valence-corrected chi connectivity index (χ3v) is 1.81. The molecule has 0 N–H and O–H groups in total. The van der Waals surface area contributed by atoms with Gasteiger partial charge in [0.1, 0.15) is 6.07 Å². The van der Waals surface area contributed by atoms with Crippen LogP contribution >= 0.6 is 15.9 Å². The van der Waals surface area contributed by atoms with E-state index in [-0.39, 0.29) is 11.4 Å². The second kappa shape index (κ2) is 3.50. The lowest BCUT2D eigenvalue weighted by Crippen LogP contribution is -1.95. The fraction of sp³-hybridized carbons (Fsp3) is 0.143. The molecule has 0 aliphatic rings. The summed E-state index contributed by atoms with van der Waals surface area (Å²) >= 11 is 3.03. The maximum absolute atomic E-state index is 13.1. The third kappa shape index (κ3) is 1.38. The number of methoxy groups -OCH3 is 1. The summed E-state index contributed by atoms with van der Waals surface area (Å²) in [5.74, 6) is -0.740. The van der Waals surface area contributed by atoms with Gasteiger partial charge in [0.2, 0.25) is 5.82 Å². The highest BCUT2D eigenvalue weighted by molar-refractivity contribution is 9.10. The van der Waals surface area contributed by atoms with Crippen LogP contribution in [-0.2, 0) is 0 Å². The maximum atomic E-state index is 13.1. The van der Waals surface area contributed by atoms with Gasteiger partial charge in [-0.25, -0.2) is 4.98 Å². The normalized spacial score (nSPS) is 9.17. The molecule has 0 saturated carbocycles. The summed E-state index contributed by atoms with van der Waals surface area (Å²) in [4.78, 5) is 3.54. The first-order valence-electron chi connectivity index (χ1n) is 2.98. The first-order valence-corrected chi connectivity index (χ1v) is 3.78. The molecule has 0 aliphatic heterocycles. The van der Waals surface area contributed by atoms with Gasteiger partial charge >= 0.3 is 0 Å². The van der Waals surface area contributed by atoms with Gasteiger partial charge in [0.25, 0.3) is 0 Å². The molecule has 0 aromatic carbocycles. The van der Waals surface area contributed by atoms with Gasteiger partial charge < -0.3 is 4.74 Å². The monoisotopic (exact) mass is 230 g/mol. The summed E-state index contributed by atoms with van der Waals surface area (Å²) in [5, 5.41) is 8.41. The minimum atomic E-state index is -0.741. The topological polar surface area (TPSA) is 45.9 Å². The maximum Gasteiger partial charge on any atom is 0.202 e. The van der Waals surface area contributed by atoms with Crippen LogP contribution < -0.4 is 4.74 Å². The lowest BCUT2D eigenvalue weighted by Gasteiger charge is -2.03. The summed E-state index contributed by atoms with van der Waals surface area (Å²) in [7, 11) is 1.32. The quantitative estimate of drug-likeness (QED) is 0.740. The number of hydrogen-bond donors (Lipinski definition) is 0. The summed E-state index contributed by atoms with van der Waals surface area (Å²) in [6.07, 6.45) is 1.32. The highest BCUT2D eigenvalue weighted by Gasteiger charge is 2.13. The van der Waals surface area contributed by atoms with Crippen molar-refractivity contribution in [2.45, 2.75) is 0 Å². The van der Waals surface area contributed by atoms with Crippen molar-refractivity contribution in [3.8, 4) is 11.8 Å². The van der Waals surface area contributed by atoms with Crippen molar-refractivity contribution < 1.29 is 9.13 Å². The van der Waals surface area contributed by atoms with Crippen LogP contribution in [0.15, 0.2) is 10.7 Å². The molecule has 1 heterocycles. The molecule has 62 valence electrons. The van der Waals surface area contributed by atoms with E-state index in [1.54, 1.807) is 6.07 Å². The molecule has 3 nitrogen and oxygen atoms in total. The Morgan fingerprint density at radius 3 is 2.92 bits per heavy atom. The molecular formula is C7H4BrFN2O. The minimum Gasteiger partial charge on any atom is -0.492 e. The Balaban J connectivity index is 3.36. The van der Waals surface area contributed by atoms with E-state index >= 15 is 0 Å². The fourth-order valence-electron chi connectivity index (χ4n) is 0.714. The van der Waals surface area contributed by atoms with Crippen LogP contribution in [0.5, 0.6) is 5.75 Å². The zero-order valence-electron chi connectivity index (χ0n) is 6.14. The highest BCUT2D eigenvalue weighted by Crippen LogP contribution is 2.27. The highest BCUT2D eigenvalue weighted by atomic mass is 79.9. The SMILES string of the molecule is COc1c(Br)cnc(C#N)c1F. The van der Waals surface area contributed by atoms with E-state index in [1.807, 2.05) is 0 Å². The van der Waals surface area contributed by atoms with E-state index in [1.165, 1.54) is 13.3 Å². The average molecular weight is 231 g/mol. The van der Waals surface area contributed by atoms with Crippen LogP contribution in [0.3, 0.4) is 0 Å². The van der Waals surface area contributed by atoms with Crippen molar-refractivity contribution in [3.63, 3.8) is 0 Å². The number of halogens is 2. The molecule has 0 unspecified atom stereocenters. The lowest BCUT2D eigenvalue weighted by molar-refractivity contribution is 0.381. The molecule has 0 fully saturated rings. The van der Waals surface area contributed by atoms with Gasteiger partial charge in [-0.3, -0.25) is 0 Å². The van der Waals surface area contributed by atoms with Crippen LogP contribution in [0.25, 0.3) is 0 Å². The summed E-state index contributed by atoms with van der Waals surface area (Å²) in [6, 6.07) is 1.61. The van der Waals surface area contributed by atoms with Crippen molar-refractivity contribution in [2.75, 3.05) is 7.11 Å². The number of hydrogen-bond acceptors (Lipinski definition) is 3. The van der Waals surface area contributed by atoms with E-state index in [4.69, 9.17) is 10.00 Å². The van der Waals surface area contributed by atoms with Crippen LogP contribution in [0.1, 0.15) is 5.69 Å². The predicted octanol–water partition coefficient (Wildman–Crippen LogP) is 1.86. The molecule has 0 amide bonds. The molecule has 0 bridgehead atoms. The Labute approximate surface area is 76.9 Å². The van der Waals surface area contributed by atoms with Gasteiger partial charge in [-0.15, -0.1) is 0 Å². The van der Waals surface area contributed by atoms with Crippen molar-refractivity contribution >= 4 is 15.9 Å². The van der Waals surface area contributed by atoms with E-state index in [9.17, 15) is 4.39 Å². The first-order chi connectivity index (χ1) is 5.70. The molecular weight excluding hydrogens is 227 g/mol. The van der Waals surface area contributed by atoms with Gasteiger partial charge in [0.05, 0.1) is 11.6 Å². The van der Waals surface area contributed by atoms with Crippen molar-refractivity contribution in [3.05, 3.63) is 22.2 Å². The van der Waals surface area contributed by atoms with Gasteiger partial charge in [0, 0.05) is 6.20 Å². The molecule has 0 spiro atoms. The van der Waals surface area contributed by atoms with Gasteiger partial charge in [-0.2, -0.15) is 9.65 Å². The Morgan fingerprint density at radius 1 is 1.75 bits per heavy atom. The average Bonchev–Trinajstić information content (AvgIpc) is 2.06. The Morgan fingerprint density at radius 2 is 2.42 bits per heavy atom. The summed E-state index contributed by atoms with van der Waals surface area (Å²) < 4.78 is 18.2. The molecule has 0 radical (unpaired) electrons.